The number of hydrogen-bond donors (Lipinski definition) is 0. The summed E-state index contributed by atoms with van der Waals surface area (Å²) < 4.78 is 11.7. The number of ether oxygens (including phenoxy) is 2. The summed E-state index contributed by atoms with van der Waals surface area (Å²) in [5, 5.41) is 11.3. The molecule has 3 nitrogen and oxygen atoms in total. The molecule has 0 fully saturated rings. The van der Waals surface area contributed by atoms with Crippen LogP contribution in [0.3, 0.4) is 0 Å². The molecule has 94 valence electrons. The lowest BCUT2D eigenvalue weighted by molar-refractivity contribution is 0.359. The summed E-state index contributed by atoms with van der Waals surface area (Å²) in [7, 11) is 0. The predicted molar refractivity (Wildman–Crippen MR) is 75.3 cm³/mol. The zero-order chi connectivity index (χ0) is 13.5. The minimum Gasteiger partial charge on any atom is -0.449 e. The molecular formula is C17H9NO2. The summed E-state index contributed by atoms with van der Waals surface area (Å²) in [5.74, 6) is 2.37. The summed E-state index contributed by atoms with van der Waals surface area (Å²) >= 11 is 0. The molecule has 0 N–H and O–H groups in total. The highest BCUT2D eigenvalue weighted by Crippen LogP contribution is 2.47. The second-order valence-electron chi connectivity index (χ2n) is 4.59. The van der Waals surface area contributed by atoms with E-state index >= 15 is 0 Å². The van der Waals surface area contributed by atoms with Gasteiger partial charge in [0.15, 0.2) is 23.0 Å². The molecule has 0 spiro atoms. The Labute approximate surface area is 115 Å². The largest absolute Gasteiger partial charge is 0.449 e. The first-order valence-corrected chi connectivity index (χ1v) is 6.27. The first-order valence-electron chi connectivity index (χ1n) is 6.27. The van der Waals surface area contributed by atoms with E-state index in [1.807, 2.05) is 36.4 Å². The van der Waals surface area contributed by atoms with Crippen molar-refractivity contribution in [1.82, 2.24) is 0 Å². The minimum absolute atomic E-state index is 0.473. The van der Waals surface area contributed by atoms with Gasteiger partial charge in [0.25, 0.3) is 0 Å². The van der Waals surface area contributed by atoms with Crippen molar-refractivity contribution < 1.29 is 9.47 Å². The van der Waals surface area contributed by atoms with Crippen molar-refractivity contribution >= 4 is 10.8 Å². The maximum Gasteiger partial charge on any atom is 0.187 e. The Bertz CT molecular complexity index is 878. The van der Waals surface area contributed by atoms with Gasteiger partial charge in [-0.25, -0.2) is 0 Å². The summed E-state index contributed by atoms with van der Waals surface area (Å²) in [4.78, 5) is 0. The van der Waals surface area contributed by atoms with E-state index in [1.165, 1.54) is 0 Å². The van der Waals surface area contributed by atoms with Gasteiger partial charge >= 0.3 is 0 Å². The van der Waals surface area contributed by atoms with Crippen LogP contribution in [0, 0.1) is 11.3 Å². The second-order valence-corrected chi connectivity index (χ2v) is 4.59. The molecular weight excluding hydrogens is 250 g/mol. The number of para-hydroxylation sites is 1. The van der Waals surface area contributed by atoms with Crippen molar-refractivity contribution in [2.45, 2.75) is 0 Å². The average Bonchev–Trinajstić information content (AvgIpc) is 2.50. The SMILES string of the molecule is N#Cc1cccc2c1Oc1cc3ccccc3cc1O2. The van der Waals surface area contributed by atoms with Crippen molar-refractivity contribution in [2.75, 3.05) is 0 Å². The summed E-state index contributed by atoms with van der Waals surface area (Å²) in [5.41, 5.74) is 0.473. The van der Waals surface area contributed by atoms with Crippen LogP contribution in [0.5, 0.6) is 23.0 Å². The Morgan fingerprint density at radius 1 is 0.750 bits per heavy atom. The van der Waals surface area contributed by atoms with Crippen LogP contribution >= 0.6 is 0 Å². The van der Waals surface area contributed by atoms with Crippen molar-refractivity contribution in [3.05, 3.63) is 60.2 Å². The van der Waals surface area contributed by atoms with Gasteiger partial charge in [0.05, 0.1) is 5.56 Å². The Kier molecular flexibility index (Phi) is 2.18. The summed E-state index contributed by atoms with van der Waals surface area (Å²) in [6.07, 6.45) is 0. The van der Waals surface area contributed by atoms with Gasteiger partial charge in [0.2, 0.25) is 0 Å². The molecule has 0 saturated heterocycles. The van der Waals surface area contributed by atoms with E-state index in [-0.39, 0.29) is 0 Å². The topological polar surface area (TPSA) is 42.2 Å². The smallest absolute Gasteiger partial charge is 0.187 e. The zero-order valence-corrected chi connectivity index (χ0v) is 10.5. The highest BCUT2D eigenvalue weighted by Gasteiger charge is 2.21. The highest BCUT2D eigenvalue weighted by molar-refractivity contribution is 5.86. The molecule has 20 heavy (non-hydrogen) atoms. The van der Waals surface area contributed by atoms with Crippen LogP contribution < -0.4 is 9.47 Å². The number of hydrogen-bond acceptors (Lipinski definition) is 3. The first-order chi connectivity index (χ1) is 9.85. The summed E-state index contributed by atoms with van der Waals surface area (Å²) in [6.45, 7) is 0. The van der Waals surface area contributed by atoms with Gasteiger partial charge in [-0.1, -0.05) is 30.3 Å². The molecule has 3 aromatic rings. The van der Waals surface area contributed by atoms with E-state index in [0.29, 0.717) is 28.6 Å². The van der Waals surface area contributed by atoms with Gasteiger partial charge < -0.3 is 9.47 Å². The number of nitrogens with zero attached hydrogens (tertiary/aromatic N) is 1. The van der Waals surface area contributed by atoms with E-state index in [0.717, 1.165) is 10.8 Å². The van der Waals surface area contributed by atoms with Crippen molar-refractivity contribution in [2.24, 2.45) is 0 Å². The molecule has 1 aliphatic heterocycles. The molecule has 1 aliphatic rings. The van der Waals surface area contributed by atoms with Crippen LogP contribution in [0.25, 0.3) is 10.8 Å². The maximum atomic E-state index is 9.13. The van der Waals surface area contributed by atoms with E-state index in [2.05, 4.69) is 6.07 Å². The van der Waals surface area contributed by atoms with Crippen LogP contribution in [0.2, 0.25) is 0 Å². The molecule has 1 heterocycles. The average molecular weight is 259 g/mol. The van der Waals surface area contributed by atoms with Crippen LogP contribution in [0.15, 0.2) is 54.6 Å². The van der Waals surface area contributed by atoms with Gasteiger partial charge in [-0.3, -0.25) is 0 Å². The van der Waals surface area contributed by atoms with Gasteiger partial charge in [-0.05, 0) is 35.0 Å². The fourth-order valence-electron chi connectivity index (χ4n) is 2.38. The van der Waals surface area contributed by atoms with Gasteiger partial charge in [0.1, 0.15) is 6.07 Å². The normalized spacial score (nSPS) is 11.8. The van der Waals surface area contributed by atoms with Crippen LogP contribution in [-0.2, 0) is 0 Å². The van der Waals surface area contributed by atoms with E-state index < -0.39 is 0 Å². The molecule has 4 rings (SSSR count). The number of benzene rings is 3. The van der Waals surface area contributed by atoms with E-state index in [1.54, 1.807) is 18.2 Å². The van der Waals surface area contributed by atoms with Crippen LogP contribution in [-0.4, -0.2) is 0 Å². The zero-order valence-electron chi connectivity index (χ0n) is 10.5. The standard InChI is InChI=1S/C17H9NO2/c18-10-13-6-3-7-14-17(13)20-16-9-12-5-2-1-4-11(12)8-15(16)19-14/h1-9H. The molecule has 3 aromatic carbocycles. The fraction of sp³-hybridized carbons (Fsp3) is 0. The van der Waals surface area contributed by atoms with Gasteiger partial charge in [0, 0.05) is 0 Å². The molecule has 0 aromatic heterocycles. The third kappa shape index (κ3) is 1.52. The third-order valence-electron chi connectivity index (χ3n) is 3.34. The lowest BCUT2D eigenvalue weighted by Crippen LogP contribution is -2.00. The van der Waals surface area contributed by atoms with Crippen molar-refractivity contribution in [1.29, 1.82) is 5.26 Å². The maximum absolute atomic E-state index is 9.13. The second kappa shape index (κ2) is 4.01. The minimum atomic E-state index is 0.473. The molecule has 0 radical (unpaired) electrons. The highest BCUT2D eigenvalue weighted by atomic mass is 16.6. The Hall–Kier alpha value is -2.99. The lowest BCUT2D eigenvalue weighted by atomic mass is 10.1. The Morgan fingerprint density at radius 2 is 1.45 bits per heavy atom. The third-order valence-corrected chi connectivity index (χ3v) is 3.34. The van der Waals surface area contributed by atoms with Crippen molar-refractivity contribution in [3.8, 4) is 29.1 Å². The molecule has 0 saturated carbocycles. The molecule has 3 heteroatoms. The van der Waals surface area contributed by atoms with E-state index in [4.69, 9.17) is 14.7 Å². The fourth-order valence-corrected chi connectivity index (χ4v) is 2.38. The van der Waals surface area contributed by atoms with E-state index in [9.17, 15) is 0 Å². The quantitative estimate of drug-likeness (QED) is 0.463. The van der Waals surface area contributed by atoms with Crippen LogP contribution in [0.4, 0.5) is 0 Å². The van der Waals surface area contributed by atoms with Crippen molar-refractivity contribution in [3.63, 3.8) is 0 Å². The molecule has 0 unspecified atom stereocenters. The van der Waals surface area contributed by atoms with Gasteiger partial charge in [-0.2, -0.15) is 5.26 Å². The first kappa shape index (κ1) is 10.9. The molecule has 0 atom stereocenters. The molecule has 0 amide bonds. The molecule has 0 bridgehead atoms. The predicted octanol–water partition coefficient (Wildman–Crippen LogP) is 4.61. The number of nitriles is 1. The number of rotatable bonds is 0. The molecule has 0 aliphatic carbocycles. The Morgan fingerprint density at radius 3 is 2.15 bits per heavy atom. The Balaban J connectivity index is 1.92. The van der Waals surface area contributed by atoms with Gasteiger partial charge in [-0.15, -0.1) is 0 Å². The van der Waals surface area contributed by atoms with Crippen LogP contribution in [0.1, 0.15) is 5.56 Å². The lowest BCUT2D eigenvalue weighted by Gasteiger charge is -2.21. The number of fused-ring (bicyclic) bond motifs is 3. The summed E-state index contributed by atoms with van der Waals surface area (Å²) in [6, 6.07) is 19.3. The monoisotopic (exact) mass is 259 g/mol.